The number of ether oxygens (including phenoxy) is 1. The van der Waals surface area contributed by atoms with Crippen LogP contribution in [0.2, 0.25) is 0 Å². The van der Waals surface area contributed by atoms with Crippen LogP contribution in [0, 0.1) is 11.8 Å². The number of fused-ring (bicyclic) bond motifs is 1. The molecule has 2 aromatic rings. The number of anilines is 1. The van der Waals surface area contributed by atoms with Crippen LogP contribution in [0.5, 0.6) is 5.75 Å². The number of carbonyl (C=O) groups excluding carboxylic acids is 2. The Balaban J connectivity index is 1.56. The minimum atomic E-state index is -0.296. The highest BCUT2D eigenvalue weighted by Crippen LogP contribution is 2.31. The second kappa shape index (κ2) is 11.1. The highest BCUT2D eigenvalue weighted by molar-refractivity contribution is 5.91. The molecule has 2 aliphatic rings. The normalized spacial score (nSPS) is 21.5. The summed E-state index contributed by atoms with van der Waals surface area (Å²) in [6.07, 6.45) is 3.93. The van der Waals surface area contributed by atoms with Gasteiger partial charge in [0.1, 0.15) is 24.7 Å². The van der Waals surface area contributed by atoms with Crippen molar-refractivity contribution >= 4 is 17.5 Å². The zero-order valence-corrected chi connectivity index (χ0v) is 20.6. The number of tetrazole rings is 1. The number of benzene rings is 1. The van der Waals surface area contributed by atoms with Crippen molar-refractivity contribution in [3.05, 3.63) is 30.1 Å². The van der Waals surface area contributed by atoms with E-state index in [2.05, 4.69) is 39.7 Å². The van der Waals surface area contributed by atoms with E-state index in [1.807, 2.05) is 13.0 Å². The summed E-state index contributed by atoms with van der Waals surface area (Å²) in [5.74, 6) is 1.12. The number of aromatic nitrogens is 4. The number of nitrogens with one attached hydrogen (secondary N) is 1. The molecule has 1 aromatic heterocycles. The van der Waals surface area contributed by atoms with Gasteiger partial charge in [-0.15, -0.1) is 5.10 Å². The van der Waals surface area contributed by atoms with Gasteiger partial charge in [0.25, 0.3) is 0 Å². The summed E-state index contributed by atoms with van der Waals surface area (Å²) < 4.78 is 7.86. The average molecular weight is 486 g/mol. The van der Waals surface area contributed by atoms with Gasteiger partial charge in [0.2, 0.25) is 11.8 Å². The lowest BCUT2D eigenvalue weighted by Crippen LogP contribution is -2.47. The number of rotatable bonds is 9. The van der Waals surface area contributed by atoms with E-state index in [0.717, 1.165) is 19.0 Å². The van der Waals surface area contributed by atoms with E-state index in [4.69, 9.17) is 4.74 Å². The smallest absolute Gasteiger partial charge is 0.246 e. The van der Waals surface area contributed by atoms with E-state index in [1.54, 1.807) is 17.0 Å². The van der Waals surface area contributed by atoms with Crippen molar-refractivity contribution in [2.45, 2.75) is 51.8 Å². The molecule has 2 amide bonds. The van der Waals surface area contributed by atoms with Gasteiger partial charge in [-0.25, -0.2) is 4.68 Å². The van der Waals surface area contributed by atoms with Crippen LogP contribution in [0.3, 0.4) is 0 Å². The zero-order chi connectivity index (χ0) is 24.9. The van der Waals surface area contributed by atoms with Gasteiger partial charge in [-0.1, -0.05) is 6.92 Å². The molecule has 0 bridgehead atoms. The van der Waals surface area contributed by atoms with Crippen molar-refractivity contribution in [2.24, 2.45) is 11.8 Å². The quantitative estimate of drug-likeness (QED) is 0.534. The van der Waals surface area contributed by atoms with Crippen LogP contribution in [-0.4, -0.2) is 92.4 Å². The zero-order valence-electron chi connectivity index (χ0n) is 20.6. The molecule has 1 fully saturated rings. The number of hydrogen-bond acceptors (Lipinski definition) is 8. The van der Waals surface area contributed by atoms with Gasteiger partial charge in [-0.05, 0) is 61.4 Å². The molecule has 11 nitrogen and oxygen atoms in total. The molecule has 0 radical (unpaired) electrons. The Hall–Kier alpha value is -3.05. The maximum Gasteiger partial charge on any atom is 0.246 e. The standard InChI is InChI=1S/C24H35N7O4/c1-16-10-31(17(2)14-32)24(34)9-19-8-20(26-23(33)13-30-15-25-27-28-30)6-7-21(19)35-22(16)12-29(3)11-18-4-5-18/h6-8,15-18,22,32H,4-5,9-14H2,1-3H3,(H,26,33)/t16-,17-,22-/m0/s1. The number of likely N-dealkylation sites (N-methyl/N-ethyl adjacent to an activating group) is 1. The van der Waals surface area contributed by atoms with Crippen molar-refractivity contribution in [1.29, 1.82) is 0 Å². The molecular weight excluding hydrogens is 450 g/mol. The summed E-state index contributed by atoms with van der Waals surface area (Å²) in [5.41, 5.74) is 1.27. The fraction of sp³-hybridized carbons (Fsp3) is 0.625. The van der Waals surface area contributed by atoms with Gasteiger partial charge in [0.05, 0.1) is 19.1 Å². The summed E-state index contributed by atoms with van der Waals surface area (Å²) >= 11 is 0. The summed E-state index contributed by atoms with van der Waals surface area (Å²) in [6.45, 7) is 6.12. The van der Waals surface area contributed by atoms with Gasteiger partial charge in [0.15, 0.2) is 0 Å². The summed E-state index contributed by atoms with van der Waals surface area (Å²) in [5, 5.41) is 23.4. The lowest BCUT2D eigenvalue weighted by Gasteiger charge is -2.34. The topological polar surface area (TPSA) is 126 Å². The minimum Gasteiger partial charge on any atom is -0.488 e. The first-order valence-electron chi connectivity index (χ1n) is 12.2. The third-order valence-corrected chi connectivity index (χ3v) is 6.66. The van der Waals surface area contributed by atoms with Crippen LogP contribution in [0.4, 0.5) is 5.69 Å². The van der Waals surface area contributed by atoms with E-state index in [1.165, 1.54) is 23.9 Å². The highest BCUT2D eigenvalue weighted by atomic mass is 16.5. The number of aliphatic hydroxyl groups is 1. The first kappa shape index (κ1) is 25.1. The van der Waals surface area contributed by atoms with E-state index < -0.39 is 0 Å². The van der Waals surface area contributed by atoms with Crippen molar-refractivity contribution in [3.8, 4) is 5.75 Å². The molecule has 0 spiro atoms. The molecule has 1 saturated carbocycles. The Morgan fingerprint density at radius 2 is 2.14 bits per heavy atom. The SMILES string of the molecule is C[C@H]1CN([C@@H](C)CO)C(=O)Cc2cc(NC(=O)Cn3cnnn3)ccc2O[C@H]1CN(C)CC1CC1. The second-order valence-electron chi connectivity index (χ2n) is 9.93. The van der Waals surface area contributed by atoms with Crippen LogP contribution in [0.15, 0.2) is 24.5 Å². The Morgan fingerprint density at radius 1 is 1.34 bits per heavy atom. The lowest BCUT2D eigenvalue weighted by molar-refractivity contribution is -0.134. The monoisotopic (exact) mass is 485 g/mol. The van der Waals surface area contributed by atoms with Crippen LogP contribution >= 0.6 is 0 Å². The van der Waals surface area contributed by atoms with Gasteiger partial charge >= 0.3 is 0 Å². The maximum atomic E-state index is 13.3. The number of amides is 2. The third-order valence-electron chi connectivity index (χ3n) is 6.66. The highest BCUT2D eigenvalue weighted by Gasteiger charge is 2.32. The summed E-state index contributed by atoms with van der Waals surface area (Å²) in [4.78, 5) is 29.8. The Morgan fingerprint density at radius 3 is 2.83 bits per heavy atom. The largest absolute Gasteiger partial charge is 0.488 e. The molecule has 11 heteroatoms. The number of nitrogens with zero attached hydrogens (tertiary/aromatic N) is 6. The van der Waals surface area contributed by atoms with Crippen LogP contribution in [0.1, 0.15) is 32.3 Å². The van der Waals surface area contributed by atoms with Gasteiger partial charge < -0.3 is 25.0 Å². The molecule has 2 N–H and O–H groups in total. The minimum absolute atomic E-state index is 0.0196. The Kier molecular flexibility index (Phi) is 7.97. The molecule has 2 heterocycles. The predicted molar refractivity (Wildman–Crippen MR) is 129 cm³/mol. The summed E-state index contributed by atoms with van der Waals surface area (Å²) in [7, 11) is 2.12. The number of aliphatic hydroxyl groups excluding tert-OH is 1. The van der Waals surface area contributed by atoms with Gasteiger partial charge in [0, 0.05) is 36.8 Å². The lowest BCUT2D eigenvalue weighted by atomic mass is 10.0. The summed E-state index contributed by atoms with van der Waals surface area (Å²) in [6, 6.07) is 5.09. The van der Waals surface area contributed by atoms with Crippen molar-refractivity contribution in [2.75, 3.05) is 38.6 Å². The molecule has 0 saturated heterocycles. The van der Waals surface area contributed by atoms with E-state index in [9.17, 15) is 14.7 Å². The van der Waals surface area contributed by atoms with Gasteiger partial charge in [-0.2, -0.15) is 0 Å². The molecular formula is C24H35N7O4. The average Bonchev–Trinajstić information content (AvgIpc) is 3.47. The number of carbonyl (C=O) groups is 2. The maximum absolute atomic E-state index is 13.3. The van der Waals surface area contributed by atoms with Crippen LogP contribution in [-0.2, 0) is 22.6 Å². The van der Waals surface area contributed by atoms with Crippen molar-refractivity contribution < 1.29 is 19.4 Å². The molecule has 1 aliphatic heterocycles. The van der Waals surface area contributed by atoms with Crippen LogP contribution < -0.4 is 10.1 Å². The van der Waals surface area contributed by atoms with E-state index >= 15 is 0 Å². The van der Waals surface area contributed by atoms with Crippen LogP contribution in [0.25, 0.3) is 0 Å². The molecule has 4 rings (SSSR count). The molecule has 3 atom stereocenters. The molecule has 1 aromatic carbocycles. The first-order valence-corrected chi connectivity index (χ1v) is 12.2. The predicted octanol–water partition coefficient (Wildman–Crippen LogP) is 0.803. The third kappa shape index (κ3) is 6.76. The van der Waals surface area contributed by atoms with Crippen molar-refractivity contribution in [1.82, 2.24) is 30.0 Å². The molecule has 0 unspecified atom stereocenters. The second-order valence-corrected chi connectivity index (χ2v) is 9.93. The Labute approximate surface area is 205 Å². The molecule has 35 heavy (non-hydrogen) atoms. The number of hydrogen-bond donors (Lipinski definition) is 2. The fourth-order valence-corrected chi connectivity index (χ4v) is 4.45. The Bertz CT molecular complexity index is 1010. The fourth-order valence-electron chi connectivity index (χ4n) is 4.45. The first-order chi connectivity index (χ1) is 16.8. The van der Waals surface area contributed by atoms with E-state index in [-0.39, 0.29) is 49.5 Å². The van der Waals surface area contributed by atoms with E-state index in [0.29, 0.717) is 23.5 Å². The van der Waals surface area contributed by atoms with Gasteiger partial charge in [-0.3, -0.25) is 9.59 Å². The van der Waals surface area contributed by atoms with Crippen molar-refractivity contribution in [3.63, 3.8) is 0 Å². The molecule has 1 aliphatic carbocycles. The molecule has 190 valence electrons.